The number of aryl methyl sites for hydroxylation is 2. The normalized spacial score (nSPS) is 11.4. The molecule has 1 N–H and O–H groups in total. The Morgan fingerprint density at radius 2 is 1.97 bits per heavy atom. The van der Waals surface area contributed by atoms with Crippen molar-refractivity contribution in [2.75, 3.05) is 11.1 Å². The number of aromatic nitrogens is 5. The van der Waals surface area contributed by atoms with Gasteiger partial charge in [-0.25, -0.2) is 9.78 Å². The van der Waals surface area contributed by atoms with Gasteiger partial charge in [0.25, 0.3) is 5.56 Å². The summed E-state index contributed by atoms with van der Waals surface area (Å²) in [6.45, 7) is 5.95. The number of fused-ring (bicyclic) bond motifs is 1. The van der Waals surface area contributed by atoms with Gasteiger partial charge in [-0.1, -0.05) is 25.2 Å². The maximum absolute atomic E-state index is 12.9. The fourth-order valence-electron chi connectivity index (χ4n) is 2.93. The molecule has 0 aliphatic carbocycles. The van der Waals surface area contributed by atoms with Crippen LogP contribution >= 0.6 is 23.1 Å². The van der Waals surface area contributed by atoms with E-state index >= 15 is 0 Å². The minimum atomic E-state index is -0.438. The van der Waals surface area contributed by atoms with Crippen molar-refractivity contribution in [2.24, 2.45) is 20.0 Å². The van der Waals surface area contributed by atoms with Crippen LogP contribution in [-0.2, 0) is 25.3 Å². The van der Waals surface area contributed by atoms with E-state index in [1.807, 2.05) is 6.92 Å². The molecular weight excluding hydrogens is 412 g/mol. The first kappa shape index (κ1) is 21.2. The first-order chi connectivity index (χ1) is 13.7. The number of hydrogen-bond acceptors (Lipinski definition) is 8. The van der Waals surface area contributed by atoms with Crippen LogP contribution in [0.2, 0.25) is 0 Å². The van der Waals surface area contributed by atoms with Crippen LogP contribution in [0.4, 0.5) is 5.13 Å². The van der Waals surface area contributed by atoms with Crippen LogP contribution in [0.5, 0.6) is 0 Å². The van der Waals surface area contributed by atoms with Crippen molar-refractivity contribution in [2.45, 2.75) is 32.1 Å². The van der Waals surface area contributed by atoms with Gasteiger partial charge in [0.2, 0.25) is 11.0 Å². The maximum atomic E-state index is 12.9. The summed E-state index contributed by atoms with van der Waals surface area (Å²) in [5, 5.41) is 12.0. The van der Waals surface area contributed by atoms with Gasteiger partial charge in [-0.15, -0.1) is 22.0 Å². The van der Waals surface area contributed by atoms with E-state index in [0.29, 0.717) is 33.4 Å². The van der Waals surface area contributed by atoms with Crippen LogP contribution in [0.15, 0.2) is 20.7 Å². The molecular formula is C18H22N6O3S2. The molecule has 3 rings (SSSR count). The zero-order valence-electron chi connectivity index (χ0n) is 16.8. The molecule has 0 aliphatic heterocycles. The third-order valence-corrected chi connectivity index (χ3v) is 6.16. The molecule has 0 saturated heterocycles. The number of anilines is 1. The number of nitrogens with zero attached hydrogens (tertiary/aromatic N) is 5. The van der Waals surface area contributed by atoms with Gasteiger partial charge in [0.1, 0.15) is 10.7 Å². The highest BCUT2D eigenvalue weighted by molar-refractivity contribution is 8.00. The third kappa shape index (κ3) is 4.40. The lowest BCUT2D eigenvalue weighted by Gasteiger charge is -2.15. The average molecular weight is 435 g/mol. The summed E-state index contributed by atoms with van der Waals surface area (Å²) >= 11 is 2.56. The SMILES string of the molecule is Cc1nnc(NC(=O)CSc2c(CC(C)C)cnc3c2c(=O)n(C)c(=O)n3C)s1. The largest absolute Gasteiger partial charge is 0.332 e. The van der Waals surface area contributed by atoms with Gasteiger partial charge in [0, 0.05) is 25.2 Å². The number of rotatable bonds is 6. The first-order valence-corrected chi connectivity index (χ1v) is 10.8. The van der Waals surface area contributed by atoms with E-state index < -0.39 is 11.2 Å². The number of nitrogens with one attached hydrogen (secondary N) is 1. The second-order valence-electron chi connectivity index (χ2n) is 7.08. The summed E-state index contributed by atoms with van der Waals surface area (Å²) in [4.78, 5) is 42.6. The highest BCUT2D eigenvalue weighted by Gasteiger charge is 2.19. The van der Waals surface area contributed by atoms with E-state index in [9.17, 15) is 14.4 Å². The minimum absolute atomic E-state index is 0.0921. The van der Waals surface area contributed by atoms with E-state index in [2.05, 4.69) is 34.3 Å². The molecule has 0 radical (unpaired) electrons. The summed E-state index contributed by atoms with van der Waals surface area (Å²) in [5.74, 6) is 0.186. The third-order valence-electron chi connectivity index (χ3n) is 4.24. The van der Waals surface area contributed by atoms with E-state index in [1.165, 1.54) is 34.7 Å². The standard InChI is InChI=1S/C18H22N6O3S2/c1-9(2)6-11-7-19-15-13(16(26)24(5)18(27)23(15)4)14(11)28-8-12(25)20-17-22-21-10(3)29-17/h7,9H,6,8H2,1-5H3,(H,20,22,25). The van der Waals surface area contributed by atoms with Crippen molar-refractivity contribution < 1.29 is 4.79 Å². The molecule has 3 aromatic heterocycles. The van der Waals surface area contributed by atoms with Crippen molar-refractivity contribution in [3.63, 3.8) is 0 Å². The van der Waals surface area contributed by atoms with Gasteiger partial charge in [-0.2, -0.15) is 0 Å². The molecule has 3 aromatic rings. The summed E-state index contributed by atoms with van der Waals surface area (Å²) < 4.78 is 2.42. The average Bonchev–Trinajstić information content (AvgIpc) is 3.07. The number of hydrogen-bond donors (Lipinski definition) is 1. The molecule has 0 spiro atoms. The van der Waals surface area contributed by atoms with Crippen LogP contribution < -0.4 is 16.6 Å². The molecule has 0 saturated carbocycles. The summed E-state index contributed by atoms with van der Waals surface area (Å²) in [7, 11) is 3.02. The minimum Gasteiger partial charge on any atom is -0.300 e. The summed E-state index contributed by atoms with van der Waals surface area (Å²) in [6.07, 6.45) is 2.39. The fourth-order valence-corrected chi connectivity index (χ4v) is 4.53. The molecule has 0 bridgehead atoms. The van der Waals surface area contributed by atoms with Crippen molar-refractivity contribution in [3.05, 3.63) is 37.6 Å². The zero-order chi connectivity index (χ0) is 21.3. The Balaban J connectivity index is 2.02. The van der Waals surface area contributed by atoms with Crippen LogP contribution in [0, 0.1) is 12.8 Å². The molecule has 9 nitrogen and oxygen atoms in total. The van der Waals surface area contributed by atoms with E-state index in [4.69, 9.17) is 0 Å². The van der Waals surface area contributed by atoms with Gasteiger partial charge in [-0.05, 0) is 24.8 Å². The van der Waals surface area contributed by atoms with Gasteiger partial charge in [0.05, 0.1) is 11.1 Å². The number of pyridine rings is 1. The lowest BCUT2D eigenvalue weighted by Crippen LogP contribution is -2.37. The molecule has 11 heteroatoms. The summed E-state index contributed by atoms with van der Waals surface area (Å²) in [5.41, 5.74) is 0.344. The topological polar surface area (TPSA) is 112 Å². The second-order valence-corrected chi connectivity index (χ2v) is 9.25. The smallest absolute Gasteiger partial charge is 0.300 e. The van der Waals surface area contributed by atoms with E-state index in [1.54, 1.807) is 13.2 Å². The Morgan fingerprint density at radius 3 is 2.59 bits per heavy atom. The maximum Gasteiger partial charge on any atom is 0.332 e. The van der Waals surface area contributed by atoms with Gasteiger partial charge >= 0.3 is 5.69 Å². The molecule has 0 aromatic carbocycles. The molecule has 154 valence electrons. The van der Waals surface area contributed by atoms with Gasteiger partial charge < -0.3 is 0 Å². The van der Waals surface area contributed by atoms with Crippen LogP contribution in [-0.4, -0.2) is 36.0 Å². The van der Waals surface area contributed by atoms with Gasteiger partial charge in [0.15, 0.2) is 0 Å². The highest BCUT2D eigenvalue weighted by Crippen LogP contribution is 2.30. The molecule has 0 unspecified atom stereocenters. The Bertz CT molecular complexity index is 1190. The first-order valence-electron chi connectivity index (χ1n) is 8.99. The fraction of sp³-hybridized carbons (Fsp3) is 0.444. The number of thioether (sulfide) groups is 1. The Kier molecular flexibility index (Phi) is 6.18. The van der Waals surface area contributed by atoms with E-state index in [0.717, 1.165) is 15.1 Å². The highest BCUT2D eigenvalue weighted by atomic mass is 32.2. The molecule has 0 aliphatic rings. The Morgan fingerprint density at radius 1 is 1.24 bits per heavy atom. The summed E-state index contributed by atoms with van der Waals surface area (Å²) in [6, 6.07) is 0. The Hall–Kier alpha value is -2.53. The van der Waals surface area contributed by atoms with Crippen molar-refractivity contribution in [1.82, 2.24) is 24.3 Å². The number of carbonyl (C=O) groups excluding carboxylic acids is 1. The zero-order valence-corrected chi connectivity index (χ0v) is 18.5. The molecule has 29 heavy (non-hydrogen) atoms. The van der Waals surface area contributed by atoms with Crippen LogP contribution in [0.25, 0.3) is 11.0 Å². The predicted octanol–water partition coefficient (Wildman–Crippen LogP) is 1.72. The molecule has 0 atom stereocenters. The van der Waals surface area contributed by atoms with Crippen molar-refractivity contribution >= 4 is 45.2 Å². The van der Waals surface area contributed by atoms with Gasteiger partial charge in [-0.3, -0.25) is 24.0 Å². The lowest BCUT2D eigenvalue weighted by atomic mass is 10.0. The van der Waals surface area contributed by atoms with Crippen LogP contribution in [0.3, 0.4) is 0 Å². The monoisotopic (exact) mass is 434 g/mol. The van der Waals surface area contributed by atoms with Crippen molar-refractivity contribution in [1.29, 1.82) is 0 Å². The Labute approximate surface area is 175 Å². The number of amides is 1. The lowest BCUT2D eigenvalue weighted by molar-refractivity contribution is -0.113. The predicted molar refractivity (Wildman–Crippen MR) is 115 cm³/mol. The molecule has 0 fully saturated rings. The quantitative estimate of drug-likeness (QED) is 0.588. The number of carbonyl (C=O) groups is 1. The van der Waals surface area contributed by atoms with Crippen molar-refractivity contribution in [3.8, 4) is 0 Å². The van der Waals surface area contributed by atoms with Crippen LogP contribution in [0.1, 0.15) is 24.4 Å². The second kappa shape index (κ2) is 8.46. The molecule has 3 heterocycles. The molecule has 1 amide bonds. The van der Waals surface area contributed by atoms with E-state index in [-0.39, 0.29) is 11.7 Å².